The van der Waals surface area contributed by atoms with Crippen LogP contribution in [0.4, 0.5) is 0 Å². The zero-order valence-corrected chi connectivity index (χ0v) is 9.64. The molecule has 3 nitrogen and oxygen atoms in total. The monoisotopic (exact) mass is 201 g/mol. The first-order valence-electron chi connectivity index (χ1n) is 5.60. The van der Waals surface area contributed by atoms with Crippen LogP contribution >= 0.6 is 0 Å². The summed E-state index contributed by atoms with van der Waals surface area (Å²) in [5, 5.41) is 8.89. The molecule has 0 bridgehead atoms. The Balaban J connectivity index is 0.000000364. The molecule has 0 amide bonds. The summed E-state index contributed by atoms with van der Waals surface area (Å²) in [7, 11) is 0. The third-order valence-electron chi connectivity index (χ3n) is 2.65. The Morgan fingerprint density at radius 1 is 1.50 bits per heavy atom. The highest BCUT2D eigenvalue weighted by Crippen LogP contribution is 2.01. The van der Waals surface area contributed by atoms with E-state index in [2.05, 4.69) is 13.8 Å². The van der Waals surface area contributed by atoms with Gasteiger partial charge in [-0.1, -0.05) is 6.92 Å². The lowest BCUT2D eigenvalue weighted by molar-refractivity contribution is -0.928. The summed E-state index contributed by atoms with van der Waals surface area (Å²) in [6.07, 6.45) is 5.73. The van der Waals surface area contributed by atoms with Crippen molar-refractivity contribution in [3.63, 3.8) is 0 Å². The number of rotatable bonds is 2. The van der Waals surface area contributed by atoms with Crippen LogP contribution in [0.15, 0.2) is 0 Å². The van der Waals surface area contributed by atoms with Crippen molar-refractivity contribution < 1.29 is 14.8 Å². The molecule has 0 aliphatic carbocycles. The maximum Gasteiger partial charge on any atom is 0.0846 e. The fraction of sp³-hybridized carbons (Fsp3) is 0.909. The van der Waals surface area contributed by atoms with E-state index in [0.717, 1.165) is 13.0 Å². The van der Waals surface area contributed by atoms with Crippen LogP contribution < -0.4 is 10.0 Å². The number of carboxylic acid groups (broad SMARTS) is 1. The average molecular weight is 201 g/mol. The Bertz CT molecular complexity index is 153. The van der Waals surface area contributed by atoms with E-state index in [1.165, 1.54) is 38.8 Å². The standard InChI is InChI=1S/C9H19N.C2H4O2/c1-3-7-10-8-5-4-6-9(10)2;1-2(3)4/h9H,3-8H2,1-2H3;1H3,(H,3,4). The van der Waals surface area contributed by atoms with Crippen molar-refractivity contribution in [1.82, 2.24) is 0 Å². The normalized spacial score (nSPS) is 26.2. The maximum atomic E-state index is 8.89. The molecule has 1 heterocycles. The number of likely N-dealkylation sites (tertiary alicyclic amines) is 1. The Kier molecular flexibility index (Phi) is 7.48. The molecule has 0 aromatic rings. The summed E-state index contributed by atoms with van der Waals surface area (Å²) in [6.45, 7) is 8.47. The van der Waals surface area contributed by atoms with Crippen LogP contribution in [0, 0.1) is 0 Å². The van der Waals surface area contributed by atoms with E-state index in [4.69, 9.17) is 9.90 Å². The summed E-state index contributed by atoms with van der Waals surface area (Å²) >= 11 is 0. The SMILES string of the molecule is CC(=O)[O-].CCC[NH+]1CCCCC1C. The Labute approximate surface area is 87.1 Å². The van der Waals surface area contributed by atoms with Gasteiger partial charge in [0.1, 0.15) is 0 Å². The van der Waals surface area contributed by atoms with Crippen LogP contribution in [0.5, 0.6) is 0 Å². The molecular formula is C11H23NO2. The van der Waals surface area contributed by atoms with E-state index in [1.54, 1.807) is 0 Å². The third kappa shape index (κ3) is 6.89. The second-order valence-corrected chi connectivity index (χ2v) is 4.05. The van der Waals surface area contributed by atoms with Gasteiger partial charge in [-0.05, 0) is 39.5 Å². The van der Waals surface area contributed by atoms with E-state index in [-0.39, 0.29) is 0 Å². The van der Waals surface area contributed by atoms with Crippen molar-refractivity contribution in [1.29, 1.82) is 0 Å². The van der Waals surface area contributed by atoms with E-state index < -0.39 is 5.97 Å². The second-order valence-electron chi connectivity index (χ2n) is 4.05. The average Bonchev–Trinajstić information content (AvgIpc) is 2.08. The van der Waals surface area contributed by atoms with E-state index in [1.807, 2.05) is 4.90 Å². The first-order valence-corrected chi connectivity index (χ1v) is 5.60. The summed E-state index contributed by atoms with van der Waals surface area (Å²) in [6, 6.07) is 0.939. The van der Waals surface area contributed by atoms with Gasteiger partial charge in [-0.2, -0.15) is 0 Å². The molecule has 84 valence electrons. The smallest absolute Gasteiger partial charge is 0.0846 e. The molecule has 0 radical (unpaired) electrons. The largest absolute Gasteiger partial charge is 0.550 e. The van der Waals surface area contributed by atoms with Crippen molar-refractivity contribution >= 4 is 5.97 Å². The molecule has 0 spiro atoms. The Morgan fingerprint density at radius 2 is 2.07 bits per heavy atom. The number of carbonyl (C=O) groups is 1. The minimum Gasteiger partial charge on any atom is -0.550 e. The molecule has 14 heavy (non-hydrogen) atoms. The number of piperidine rings is 1. The van der Waals surface area contributed by atoms with Gasteiger partial charge in [-0.25, -0.2) is 0 Å². The first kappa shape index (κ1) is 13.4. The molecule has 1 aliphatic rings. The van der Waals surface area contributed by atoms with Crippen LogP contribution in [-0.2, 0) is 4.79 Å². The molecule has 1 N–H and O–H groups in total. The number of quaternary nitrogens is 1. The molecule has 0 aromatic carbocycles. The molecule has 1 aliphatic heterocycles. The minimum absolute atomic E-state index is 0.939. The van der Waals surface area contributed by atoms with Crippen LogP contribution in [0.1, 0.15) is 46.5 Å². The van der Waals surface area contributed by atoms with E-state index >= 15 is 0 Å². The van der Waals surface area contributed by atoms with Crippen LogP contribution in [0.2, 0.25) is 0 Å². The van der Waals surface area contributed by atoms with Crippen molar-refractivity contribution in [3.8, 4) is 0 Å². The predicted molar refractivity (Wildman–Crippen MR) is 55.0 cm³/mol. The third-order valence-corrected chi connectivity index (χ3v) is 2.65. The van der Waals surface area contributed by atoms with Gasteiger partial charge in [0.15, 0.2) is 0 Å². The zero-order valence-electron chi connectivity index (χ0n) is 9.64. The lowest BCUT2D eigenvalue weighted by atomic mass is 10.0. The van der Waals surface area contributed by atoms with Gasteiger partial charge in [-0.3, -0.25) is 0 Å². The van der Waals surface area contributed by atoms with E-state index in [0.29, 0.717) is 0 Å². The van der Waals surface area contributed by atoms with Crippen molar-refractivity contribution in [2.45, 2.75) is 52.5 Å². The molecule has 0 saturated carbocycles. The maximum absolute atomic E-state index is 8.89. The number of carboxylic acids is 1. The fourth-order valence-electron chi connectivity index (χ4n) is 1.95. The lowest BCUT2D eigenvalue weighted by Gasteiger charge is -2.29. The first-order chi connectivity index (χ1) is 6.57. The van der Waals surface area contributed by atoms with Gasteiger partial charge in [0.2, 0.25) is 0 Å². The van der Waals surface area contributed by atoms with Gasteiger partial charge >= 0.3 is 0 Å². The predicted octanol–water partition coefficient (Wildman–Crippen LogP) is -0.390. The molecule has 3 heteroatoms. The molecular weight excluding hydrogens is 178 g/mol. The number of nitrogens with one attached hydrogen (secondary N) is 1. The minimum atomic E-state index is -1.08. The molecule has 1 saturated heterocycles. The molecule has 1 rings (SSSR count). The highest BCUT2D eigenvalue weighted by atomic mass is 16.4. The topological polar surface area (TPSA) is 44.6 Å². The Morgan fingerprint density at radius 3 is 2.50 bits per heavy atom. The highest BCUT2D eigenvalue weighted by Gasteiger charge is 2.19. The molecule has 2 atom stereocenters. The zero-order chi connectivity index (χ0) is 11.0. The van der Waals surface area contributed by atoms with Crippen molar-refractivity contribution in [2.24, 2.45) is 0 Å². The number of carbonyl (C=O) groups excluding carboxylic acids is 1. The van der Waals surface area contributed by atoms with Crippen LogP contribution in [0.3, 0.4) is 0 Å². The van der Waals surface area contributed by atoms with Gasteiger partial charge in [0, 0.05) is 5.97 Å². The van der Waals surface area contributed by atoms with Crippen molar-refractivity contribution in [3.05, 3.63) is 0 Å². The summed E-state index contributed by atoms with van der Waals surface area (Å²) in [4.78, 5) is 10.7. The van der Waals surface area contributed by atoms with Crippen LogP contribution in [0.25, 0.3) is 0 Å². The quantitative estimate of drug-likeness (QED) is 0.661. The molecule has 1 fully saturated rings. The van der Waals surface area contributed by atoms with Gasteiger partial charge in [-0.15, -0.1) is 0 Å². The summed E-state index contributed by atoms with van der Waals surface area (Å²) in [5.74, 6) is -1.08. The highest BCUT2D eigenvalue weighted by molar-refractivity contribution is 5.60. The lowest BCUT2D eigenvalue weighted by Crippen LogP contribution is -3.16. The number of hydrogen-bond acceptors (Lipinski definition) is 2. The fourth-order valence-corrected chi connectivity index (χ4v) is 1.95. The molecule has 2 unspecified atom stereocenters. The number of hydrogen-bond donors (Lipinski definition) is 1. The van der Waals surface area contributed by atoms with Gasteiger partial charge in [0.25, 0.3) is 0 Å². The summed E-state index contributed by atoms with van der Waals surface area (Å²) < 4.78 is 0. The second kappa shape index (κ2) is 7.80. The number of aliphatic carboxylic acids is 1. The van der Waals surface area contributed by atoms with Crippen molar-refractivity contribution in [2.75, 3.05) is 13.1 Å². The van der Waals surface area contributed by atoms with E-state index in [9.17, 15) is 0 Å². The van der Waals surface area contributed by atoms with Gasteiger partial charge in [0.05, 0.1) is 19.1 Å². The summed E-state index contributed by atoms with van der Waals surface area (Å²) in [5.41, 5.74) is 0. The Hall–Kier alpha value is -0.570. The molecule has 0 aromatic heterocycles. The van der Waals surface area contributed by atoms with Gasteiger partial charge < -0.3 is 14.8 Å². The van der Waals surface area contributed by atoms with Crippen LogP contribution in [-0.4, -0.2) is 25.1 Å².